The highest BCUT2D eigenvalue weighted by molar-refractivity contribution is 6.31. The van der Waals surface area contributed by atoms with Gasteiger partial charge in [0.15, 0.2) is 0 Å². The highest BCUT2D eigenvalue weighted by Crippen LogP contribution is 2.34. The lowest BCUT2D eigenvalue weighted by molar-refractivity contribution is 0.873. The van der Waals surface area contributed by atoms with Crippen molar-refractivity contribution >= 4 is 17.4 Å². The fraction of sp³-hybridized carbons (Fsp3) is 0.308. The van der Waals surface area contributed by atoms with Crippen LogP contribution in [0.5, 0.6) is 0 Å². The lowest BCUT2D eigenvalue weighted by Gasteiger charge is -2.10. The molecule has 0 radical (unpaired) electrons. The van der Waals surface area contributed by atoms with E-state index >= 15 is 0 Å². The maximum absolute atomic E-state index is 6.14. The van der Waals surface area contributed by atoms with Crippen molar-refractivity contribution in [2.75, 3.05) is 5.73 Å². The van der Waals surface area contributed by atoms with E-state index in [9.17, 15) is 0 Å². The normalized spacial score (nSPS) is 11.1. The van der Waals surface area contributed by atoms with Crippen molar-refractivity contribution < 1.29 is 0 Å². The Morgan fingerprint density at radius 1 is 1.35 bits per heavy atom. The largest absolute Gasteiger partial charge is 0.382 e. The van der Waals surface area contributed by atoms with Crippen LogP contribution < -0.4 is 5.73 Å². The fourth-order valence-corrected chi connectivity index (χ4v) is 2.21. The third-order valence-electron chi connectivity index (χ3n) is 2.95. The van der Waals surface area contributed by atoms with Crippen LogP contribution in [-0.4, -0.2) is 10.2 Å². The summed E-state index contributed by atoms with van der Waals surface area (Å²) < 4.78 is 0. The molecular formula is C13H16ClN3. The van der Waals surface area contributed by atoms with Crippen molar-refractivity contribution in [3.63, 3.8) is 0 Å². The molecule has 0 saturated heterocycles. The van der Waals surface area contributed by atoms with Crippen molar-refractivity contribution in [2.45, 2.75) is 26.7 Å². The molecule has 17 heavy (non-hydrogen) atoms. The van der Waals surface area contributed by atoms with Gasteiger partial charge in [-0.15, -0.1) is 0 Å². The van der Waals surface area contributed by atoms with E-state index in [0.29, 0.717) is 11.7 Å². The van der Waals surface area contributed by atoms with Crippen LogP contribution in [0, 0.1) is 6.92 Å². The van der Waals surface area contributed by atoms with E-state index in [4.69, 9.17) is 17.3 Å². The summed E-state index contributed by atoms with van der Waals surface area (Å²) in [5.74, 6) is 0.886. The minimum atomic E-state index is 0.321. The summed E-state index contributed by atoms with van der Waals surface area (Å²) >= 11 is 6.14. The van der Waals surface area contributed by atoms with Crippen molar-refractivity contribution in [3.8, 4) is 11.3 Å². The number of nitrogens with one attached hydrogen (secondary N) is 1. The SMILES string of the molecule is Cc1c(Cl)cccc1-c1[nH]nc(N)c1C(C)C. The minimum Gasteiger partial charge on any atom is -0.382 e. The molecule has 0 unspecified atom stereocenters. The molecule has 3 N–H and O–H groups in total. The summed E-state index contributed by atoms with van der Waals surface area (Å²) in [4.78, 5) is 0. The Morgan fingerprint density at radius 3 is 2.71 bits per heavy atom. The van der Waals surface area contributed by atoms with Crippen molar-refractivity contribution in [2.24, 2.45) is 0 Å². The highest BCUT2D eigenvalue weighted by atomic mass is 35.5. The van der Waals surface area contributed by atoms with E-state index in [1.165, 1.54) is 0 Å². The van der Waals surface area contributed by atoms with E-state index in [-0.39, 0.29) is 0 Å². The number of aromatic nitrogens is 2. The molecule has 0 aliphatic heterocycles. The predicted molar refractivity (Wildman–Crippen MR) is 72.3 cm³/mol. The summed E-state index contributed by atoms with van der Waals surface area (Å²) in [5, 5.41) is 7.86. The number of anilines is 1. The van der Waals surface area contributed by atoms with Gasteiger partial charge in [0.2, 0.25) is 0 Å². The van der Waals surface area contributed by atoms with Gasteiger partial charge in [-0.3, -0.25) is 5.10 Å². The van der Waals surface area contributed by atoms with Gasteiger partial charge in [0.1, 0.15) is 5.82 Å². The molecule has 1 heterocycles. The summed E-state index contributed by atoms with van der Waals surface area (Å²) in [5.41, 5.74) is 10.0. The van der Waals surface area contributed by atoms with Crippen LogP contribution in [-0.2, 0) is 0 Å². The zero-order valence-electron chi connectivity index (χ0n) is 10.2. The van der Waals surface area contributed by atoms with Crippen LogP contribution in [0.1, 0.15) is 30.9 Å². The first kappa shape index (κ1) is 12.0. The molecule has 90 valence electrons. The lowest BCUT2D eigenvalue weighted by Crippen LogP contribution is -1.96. The molecule has 1 aromatic carbocycles. The molecule has 2 rings (SSSR count). The van der Waals surface area contributed by atoms with Gasteiger partial charge in [-0.05, 0) is 24.5 Å². The molecule has 0 bridgehead atoms. The molecule has 2 aromatic rings. The minimum absolute atomic E-state index is 0.321. The number of nitrogens with zero attached hydrogens (tertiary/aromatic N) is 1. The topological polar surface area (TPSA) is 54.7 Å². The molecule has 4 heteroatoms. The molecule has 0 aliphatic carbocycles. The van der Waals surface area contributed by atoms with Gasteiger partial charge in [-0.2, -0.15) is 5.10 Å². The number of aromatic amines is 1. The smallest absolute Gasteiger partial charge is 0.149 e. The second-order valence-electron chi connectivity index (χ2n) is 4.46. The average Bonchev–Trinajstić information content (AvgIpc) is 2.64. The molecule has 1 aromatic heterocycles. The quantitative estimate of drug-likeness (QED) is 0.852. The molecule has 0 aliphatic rings. The van der Waals surface area contributed by atoms with Gasteiger partial charge < -0.3 is 5.73 Å². The summed E-state index contributed by atoms with van der Waals surface area (Å²) in [6.45, 7) is 6.20. The van der Waals surface area contributed by atoms with Crippen LogP contribution >= 0.6 is 11.6 Å². The van der Waals surface area contributed by atoms with Gasteiger partial charge in [-0.25, -0.2) is 0 Å². The van der Waals surface area contributed by atoms with Gasteiger partial charge in [0.25, 0.3) is 0 Å². The van der Waals surface area contributed by atoms with Crippen LogP contribution in [0.3, 0.4) is 0 Å². The summed E-state index contributed by atoms with van der Waals surface area (Å²) in [7, 11) is 0. The predicted octanol–water partition coefficient (Wildman–Crippen LogP) is 3.74. The number of H-pyrrole nitrogens is 1. The molecule has 0 atom stereocenters. The van der Waals surface area contributed by atoms with Gasteiger partial charge in [-0.1, -0.05) is 37.6 Å². The lowest BCUT2D eigenvalue weighted by atomic mass is 9.96. The molecule has 3 nitrogen and oxygen atoms in total. The van der Waals surface area contributed by atoms with Crippen LogP contribution in [0.2, 0.25) is 5.02 Å². The van der Waals surface area contributed by atoms with E-state index in [0.717, 1.165) is 27.4 Å². The van der Waals surface area contributed by atoms with Crippen LogP contribution in [0.4, 0.5) is 5.82 Å². The third-order valence-corrected chi connectivity index (χ3v) is 3.36. The first-order chi connectivity index (χ1) is 8.02. The fourth-order valence-electron chi connectivity index (χ4n) is 2.03. The Morgan fingerprint density at radius 2 is 2.06 bits per heavy atom. The maximum Gasteiger partial charge on any atom is 0.149 e. The zero-order chi connectivity index (χ0) is 12.6. The highest BCUT2D eigenvalue weighted by Gasteiger charge is 2.17. The molecule has 0 saturated carbocycles. The zero-order valence-corrected chi connectivity index (χ0v) is 11.0. The van der Waals surface area contributed by atoms with Gasteiger partial charge >= 0.3 is 0 Å². The molecule has 0 amide bonds. The number of halogens is 1. The molecule has 0 fully saturated rings. The van der Waals surface area contributed by atoms with Crippen molar-refractivity contribution in [1.29, 1.82) is 0 Å². The first-order valence-corrected chi connectivity index (χ1v) is 5.99. The second-order valence-corrected chi connectivity index (χ2v) is 4.87. The Kier molecular flexibility index (Phi) is 3.11. The van der Waals surface area contributed by atoms with Crippen molar-refractivity contribution in [3.05, 3.63) is 34.3 Å². The van der Waals surface area contributed by atoms with Gasteiger partial charge in [0, 0.05) is 16.1 Å². The standard InChI is InChI=1S/C13H16ClN3/c1-7(2)11-12(16-17-13(11)15)9-5-4-6-10(14)8(9)3/h4-7H,1-3H3,(H3,15,16,17). The number of nitrogens with two attached hydrogens (primary N) is 1. The van der Waals surface area contributed by atoms with E-state index < -0.39 is 0 Å². The van der Waals surface area contributed by atoms with Crippen LogP contribution in [0.25, 0.3) is 11.3 Å². The van der Waals surface area contributed by atoms with Crippen molar-refractivity contribution in [1.82, 2.24) is 10.2 Å². The summed E-state index contributed by atoms with van der Waals surface area (Å²) in [6.07, 6.45) is 0. The second kappa shape index (κ2) is 4.41. The van der Waals surface area contributed by atoms with E-state index in [2.05, 4.69) is 24.0 Å². The molecular weight excluding hydrogens is 234 g/mol. The van der Waals surface area contributed by atoms with Crippen LogP contribution in [0.15, 0.2) is 18.2 Å². The Labute approximate surface area is 106 Å². The third kappa shape index (κ3) is 2.03. The van der Waals surface area contributed by atoms with Gasteiger partial charge in [0.05, 0.1) is 5.69 Å². The number of hydrogen-bond donors (Lipinski definition) is 2. The van der Waals surface area contributed by atoms with E-state index in [1.54, 1.807) is 0 Å². The Balaban J connectivity index is 2.65. The average molecular weight is 250 g/mol. The first-order valence-electron chi connectivity index (χ1n) is 5.61. The molecule has 0 spiro atoms. The Hall–Kier alpha value is -1.48. The van der Waals surface area contributed by atoms with E-state index in [1.807, 2.05) is 25.1 Å². The number of hydrogen-bond acceptors (Lipinski definition) is 2. The monoisotopic (exact) mass is 249 g/mol. The Bertz CT molecular complexity index is 544. The maximum atomic E-state index is 6.14. The number of benzene rings is 1. The number of nitrogen functional groups attached to an aromatic ring is 1. The summed E-state index contributed by atoms with van der Waals surface area (Å²) in [6, 6.07) is 5.85. The number of rotatable bonds is 2.